The Kier molecular flexibility index (Phi) is 14.6. The Balaban J connectivity index is 2.23. The molecule has 1 aromatic rings. The summed E-state index contributed by atoms with van der Waals surface area (Å²) in [5.41, 5.74) is 5.78. The Morgan fingerprint density at radius 3 is 2.16 bits per heavy atom. The van der Waals surface area contributed by atoms with Gasteiger partial charge in [-0.15, -0.1) is 0 Å². The highest BCUT2D eigenvalue weighted by Gasteiger charge is 2.32. The summed E-state index contributed by atoms with van der Waals surface area (Å²) >= 11 is 0. The number of urea groups is 1. The molecule has 7 N–H and O–H groups in total. The number of rotatable bonds is 16. The summed E-state index contributed by atoms with van der Waals surface area (Å²) in [6.45, 7) is 9.38. The van der Waals surface area contributed by atoms with E-state index in [1.54, 1.807) is 36.1 Å². The van der Waals surface area contributed by atoms with E-state index < -0.39 is 53.7 Å². The van der Waals surface area contributed by atoms with Crippen LogP contribution < -0.4 is 31.7 Å². The van der Waals surface area contributed by atoms with Crippen LogP contribution in [0.25, 0.3) is 0 Å². The lowest BCUT2D eigenvalue weighted by Gasteiger charge is -2.26. The van der Waals surface area contributed by atoms with Gasteiger partial charge < -0.3 is 41.7 Å². The van der Waals surface area contributed by atoms with E-state index in [0.717, 1.165) is 0 Å². The number of hydrogen-bond acceptors (Lipinski definition) is 8. The van der Waals surface area contributed by atoms with E-state index in [2.05, 4.69) is 21.3 Å². The number of hydrogen-bond donors (Lipinski definition) is 6. The van der Waals surface area contributed by atoms with Crippen molar-refractivity contribution in [3.05, 3.63) is 29.8 Å². The lowest BCUT2D eigenvalue weighted by atomic mass is 9.84. The van der Waals surface area contributed by atoms with Gasteiger partial charge >= 0.3 is 18.1 Å². The standard InChI is InChI=1S/C30H46N6O8/c1-5-19(4)22(27(39)33-17-26(31)38)16-25(37)23(34-29(42)35-24(28(40)41)14-18(2)3)15-20-6-8-21(9-7-20)44-30(43)36-12-10-32-11-13-36/h6-9,18-19,22-24,32H,5,10-17H2,1-4H3,(H2,31,38)(H,33,39)(H,40,41)(H2,34,35,42). The molecule has 1 aliphatic heterocycles. The Morgan fingerprint density at radius 2 is 1.61 bits per heavy atom. The average Bonchev–Trinajstić information content (AvgIpc) is 2.98. The third-order valence-electron chi connectivity index (χ3n) is 7.47. The molecular formula is C30H46N6O8. The highest BCUT2D eigenvalue weighted by molar-refractivity contribution is 5.94. The molecule has 0 aliphatic carbocycles. The minimum Gasteiger partial charge on any atom is -0.480 e. The fourth-order valence-electron chi connectivity index (χ4n) is 4.74. The number of nitrogens with zero attached hydrogens (tertiary/aromatic N) is 1. The summed E-state index contributed by atoms with van der Waals surface area (Å²) < 4.78 is 5.46. The average molecular weight is 619 g/mol. The molecule has 0 bridgehead atoms. The zero-order chi connectivity index (χ0) is 32.8. The van der Waals surface area contributed by atoms with Crippen molar-refractivity contribution >= 4 is 35.7 Å². The third-order valence-corrected chi connectivity index (χ3v) is 7.47. The fraction of sp³-hybridized carbons (Fsp3) is 0.600. The van der Waals surface area contributed by atoms with Gasteiger partial charge in [0.1, 0.15) is 11.8 Å². The number of ether oxygens (including phenoxy) is 1. The van der Waals surface area contributed by atoms with Crippen LogP contribution in [-0.4, -0.2) is 90.5 Å². The van der Waals surface area contributed by atoms with Crippen molar-refractivity contribution in [2.45, 2.75) is 65.5 Å². The molecule has 0 saturated carbocycles. The first-order chi connectivity index (χ1) is 20.8. The van der Waals surface area contributed by atoms with Crippen molar-refractivity contribution < 1.29 is 38.6 Å². The number of aliphatic carboxylic acids is 1. The molecule has 14 nitrogen and oxygen atoms in total. The third kappa shape index (κ3) is 12.2. The van der Waals surface area contributed by atoms with Crippen LogP contribution in [0.15, 0.2) is 24.3 Å². The van der Waals surface area contributed by atoms with Crippen molar-refractivity contribution in [3.63, 3.8) is 0 Å². The first kappa shape index (κ1) is 36.0. The molecule has 244 valence electrons. The number of carboxylic acid groups (broad SMARTS) is 1. The monoisotopic (exact) mass is 618 g/mol. The summed E-state index contributed by atoms with van der Waals surface area (Å²) in [6.07, 6.45) is 0.0801. The maximum atomic E-state index is 13.6. The van der Waals surface area contributed by atoms with Gasteiger partial charge in [0.15, 0.2) is 5.78 Å². The van der Waals surface area contributed by atoms with Gasteiger partial charge in [0.05, 0.1) is 12.6 Å². The number of benzene rings is 1. The van der Waals surface area contributed by atoms with Gasteiger partial charge in [0, 0.05) is 38.5 Å². The van der Waals surface area contributed by atoms with E-state index in [1.807, 2.05) is 20.8 Å². The summed E-state index contributed by atoms with van der Waals surface area (Å²) in [5, 5.41) is 20.2. The second-order valence-corrected chi connectivity index (χ2v) is 11.5. The van der Waals surface area contributed by atoms with Crippen LogP contribution in [0, 0.1) is 17.8 Å². The molecule has 1 saturated heterocycles. The second-order valence-electron chi connectivity index (χ2n) is 11.5. The van der Waals surface area contributed by atoms with Crippen LogP contribution in [0.5, 0.6) is 5.75 Å². The Bertz CT molecular complexity index is 1150. The maximum absolute atomic E-state index is 13.6. The minimum atomic E-state index is -1.20. The van der Waals surface area contributed by atoms with E-state index in [4.69, 9.17) is 10.5 Å². The molecule has 0 spiro atoms. The van der Waals surface area contributed by atoms with Gasteiger partial charge in [-0.1, -0.05) is 46.2 Å². The molecule has 1 aliphatic rings. The van der Waals surface area contributed by atoms with Crippen molar-refractivity contribution in [1.29, 1.82) is 0 Å². The van der Waals surface area contributed by atoms with Crippen LogP contribution in [0.4, 0.5) is 9.59 Å². The van der Waals surface area contributed by atoms with Crippen molar-refractivity contribution in [1.82, 2.24) is 26.2 Å². The first-order valence-corrected chi connectivity index (χ1v) is 15.0. The highest BCUT2D eigenvalue weighted by atomic mass is 16.6. The zero-order valence-corrected chi connectivity index (χ0v) is 25.9. The van der Waals surface area contributed by atoms with Crippen molar-refractivity contribution in [2.75, 3.05) is 32.7 Å². The molecule has 5 amide bonds. The Morgan fingerprint density at radius 1 is 1.00 bits per heavy atom. The van der Waals surface area contributed by atoms with Crippen molar-refractivity contribution in [2.24, 2.45) is 23.5 Å². The lowest BCUT2D eigenvalue weighted by Crippen LogP contribution is -2.52. The number of nitrogens with one attached hydrogen (secondary N) is 4. The van der Waals surface area contributed by atoms with E-state index in [0.29, 0.717) is 43.9 Å². The number of piperazine rings is 1. The summed E-state index contributed by atoms with van der Waals surface area (Å²) in [7, 11) is 0. The number of nitrogens with two attached hydrogens (primary N) is 1. The molecule has 2 rings (SSSR count). The zero-order valence-electron chi connectivity index (χ0n) is 25.9. The van der Waals surface area contributed by atoms with Crippen LogP contribution in [0.3, 0.4) is 0 Å². The summed E-state index contributed by atoms with van der Waals surface area (Å²) in [6, 6.07) is 3.36. The van der Waals surface area contributed by atoms with E-state index in [9.17, 15) is 33.9 Å². The minimum absolute atomic E-state index is 0.0109. The van der Waals surface area contributed by atoms with Crippen LogP contribution in [0.1, 0.15) is 52.5 Å². The van der Waals surface area contributed by atoms with Gasteiger partial charge in [-0.25, -0.2) is 14.4 Å². The van der Waals surface area contributed by atoms with E-state index in [-0.39, 0.29) is 37.6 Å². The molecule has 0 aromatic heterocycles. The quantitative estimate of drug-likeness (QED) is 0.156. The molecule has 44 heavy (non-hydrogen) atoms. The number of carbonyl (C=O) groups excluding carboxylic acids is 5. The number of amides is 5. The van der Waals surface area contributed by atoms with Crippen LogP contribution in [-0.2, 0) is 25.6 Å². The Hall–Kier alpha value is -4.20. The smallest absolute Gasteiger partial charge is 0.415 e. The second kappa shape index (κ2) is 17.8. The van der Waals surface area contributed by atoms with Gasteiger partial charge in [0.2, 0.25) is 11.8 Å². The highest BCUT2D eigenvalue weighted by Crippen LogP contribution is 2.22. The number of primary amides is 1. The molecule has 4 unspecified atom stereocenters. The molecule has 0 radical (unpaired) electrons. The largest absolute Gasteiger partial charge is 0.480 e. The molecule has 14 heteroatoms. The SMILES string of the molecule is CCC(C)C(CC(=O)C(Cc1ccc(OC(=O)N2CCNCC2)cc1)NC(=O)NC(CC(C)C)C(=O)O)C(=O)NCC(N)=O. The van der Waals surface area contributed by atoms with Crippen LogP contribution >= 0.6 is 0 Å². The van der Waals surface area contributed by atoms with Gasteiger partial charge in [0.25, 0.3) is 0 Å². The molecule has 1 heterocycles. The summed E-state index contributed by atoms with van der Waals surface area (Å²) in [4.78, 5) is 76.4. The number of ketones is 1. The molecule has 1 aromatic carbocycles. The van der Waals surface area contributed by atoms with Gasteiger partial charge in [-0.05, 0) is 42.4 Å². The normalized spacial score (nSPS) is 15.8. The number of Topliss-reactive ketones (excluding diaryl/α,β-unsaturated/α-hetero) is 1. The van der Waals surface area contributed by atoms with Gasteiger partial charge in [-0.2, -0.15) is 0 Å². The molecule has 1 fully saturated rings. The number of carbonyl (C=O) groups is 6. The van der Waals surface area contributed by atoms with E-state index >= 15 is 0 Å². The lowest BCUT2D eigenvalue weighted by molar-refractivity contribution is -0.139. The van der Waals surface area contributed by atoms with Crippen LogP contribution in [0.2, 0.25) is 0 Å². The van der Waals surface area contributed by atoms with Gasteiger partial charge in [-0.3, -0.25) is 14.4 Å². The summed E-state index contributed by atoms with van der Waals surface area (Å²) in [5.74, 6) is -3.61. The fourth-order valence-corrected chi connectivity index (χ4v) is 4.74. The predicted molar refractivity (Wildman–Crippen MR) is 162 cm³/mol. The molecular weight excluding hydrogens is 572 g/mol. The topological polar surface area (TPSA) is 209 Å². The molecule has 4 atom stereocenters. The number of carboxylic acids is 1. The maximum Gasteiger partial charge on any atom is 0.415 e. The van der Waals surface area contributed by atoms with Crippen molar-refractivity contribution in [3.8, 4) is 5.75 Å². The first-order valence-electron chi connectivity index (χ1n) is 15.0. The van der Waals surface area contributed by atoms with E-state index in [1.165, 1.54) is 0 Å². The predicted octanol–water partition coefficient (Wildman–Crippen LogP) is 1.02. The Labute approximate surface area is 257 Å².